The first-order valence-corrected chi connectivity index (χ1v) is 7.26. The molecule has 0 amide bonds. The summed E-state index contributed by atoms with van der Waals surface area (Å²) >= 11 is 6.13. The van der Waals surface area contributed by atoms with Crippen molar-refractivity contribution < 1.29 is 4.74 Å². The Morgan fingerprint density at radius 2 is 2.05 bits per heavy atom. The molecular weight excluding hydrogens is 401 g/mol. The number of guanidine groups is 1. The van der Waals surface area contributed by atoms with E-state index in [0.29, 0.717) is 0 Å². The lowest BCUT2D eigenvalue weighted by atomic mass is 9.89. The second-order valence-corrected chi connectivity index (χ2v) is 5.90. The Kier molecular flexibility index (Phi) is 7.76. The summed E-state index contributed by atoms with van der Waals surface area (Å²) in [7, 11) is 1.78. The molecule has 1 aliphatic rings. The lowest BCUT2D eigenvalue weighted by Crippen LogP contribution is -2.51. The van der Waals surface area contributed by atoms with Crippen LogP contribution in [0.3, 0.4) is 0 Å². The van der Waals surface area contributed by atoms with Crippen LogP contribution in [0.15, 0.2) is 29.3 Å². The molecule has 2 rings (SSSR count). The number of benzene rings is 1. The van der Waals surface area contributed by atoms with Crippen molar-refractivity contribution in [1.29, 1.82) is 0 Å². The van der Waals surface area contributed by atoms with E-state index in [1.54, 1.807) is 7.05 Å². The number of nitrogens with zero attached hydrogens (tertiary/aromatic N) is 1. The van der Waals surface area contributed by atoms with Crippen LogP contribution in [0.5, 0.6) is 0 Å². The number of hydrogen-bond donors (Lipinski definition) is 2. The van der Waals surface area contributed by atoms with Gasteiger partial charge in [0.25, 0.3) is 0 Å². The summed E-state index contributed by atoms with van der Waals surface area (Å²) in [5.74, 6) is 0.824. The van der Waals surface area contributed by atoms with Crippen molar-refractivity contribution >= 4 is 41.5 Å². The molecule has 0 atom stereocenters. The fraction of sp³-hybridized carbons (Fsp3) is 0.533. The van der Waals surface area contributed by atoms with Gasteiger partial charge in [-0.15, -0.1) is 24.0 Å². The average Bonchev–Trinajstić information content (AvgIpc) is 2.42. The molecule has 21 heavy (non-hydrogen) atoms. The summed E-state index contributed by atoms with van der Waals surface area (Å²) in [4.78, 5) is 4.22. The van der Waals surface area contributed by atoms with Crippen LogP contribution in [0, 0.1) is 5.41 Å². The molecule has 0 aliphatic carbocycles. The van der Waals surface area contributed by atoms with E-state index in [9.17, 15) is 0 Å². The Hall–Kier alpha value is -0.530. The predicted molar refractivity (Wildman–Crippen MR) is 98.9 cm³/mol. The first-order chi connectivity index (χ1) is 9.63. The minimum Gasteiger partial charge on any atom is -0.380 e. The van der Waals surface area contributed by atoms with Crippen molar-refractivity contribution in [2.45, 2.75) is 13.3 Å². The molecule has 0 spiro atoms. The lowest BCUT2D eigenvalue weighted by molar-refractivity contribution is -0.0971. The molecule has 4 nitrogen and oxygen atoms in total. The molecule has 1 fully saturated rings. The van der Waals surface area contributed by atoms with Crippen molar-refractivity contribution in [3.05, 3.63) is 34.9 Å². The van der Waals surface area contributed by atoms with Crippen LogP contribution in [-0.2, 0) is 11.2 Å². The Morgan fingerprint density at radius 3 is 2.62 bits per heavy atom. The minimum atomic E-state index is 0. The molecule has 1 aromatic carbocycles. The first-order valence-electron chi connectivity index (χ1n) is 6.89. The summed E-state index contributed by atoms with van der Waals surface area (Å²) in [6.07, 6.45) is 0.876. The van der Waals surface area contributed by atoms with E-state index in [1.165, 1.54) is 0 Å². The molecule has 0 radical (unpaired) electrons. The third kappa shape index (κ3) is 5.64. The van der Waals surface area contributed by atoms with Crippen LogP contribution in [0.2, 0.25) is 5.02 Å². The normalized spacial score (nSPS) is 16.6. The van der Waals surface area contributed by atoms with Gasteiger partial charge in [-0.1, -0.05) is 36.7 Å². The van der Waals surface area contributed by atoms with Crippen molar-refractivity contribution in [3.63, 3.8) is 0 Å². The van der Waals surface area contributed by atoms with E-state index >= 15 is 0 Å². The zero-order chi connectivity index (χ0) is 14.4. The molecule has 1 saturated heterocycles. The van der Waals surface area contributed by atoms with Gasteiger partial charge in [0, 0.05) is 30.6 Å². The molecule has 1 aliphatic heterocycles. The van der Waals surface area contributed by atoms with Crippen LogP contribution in [0.25, 0.3) is 0 Å². The fourth-order valence-electron chi connectivity index (χ4n) is 2.09. The summed E-state index contributed by atoms with van der Waals surface area (Å²) in [5, 5.41) is 7.46. The van der Waals surface area contributed by atoms with Gasteiger partial charge in [0.05, 0.1) is 13.2 Å². The van der Waals surface area contributed by atoms with Gasteiger partial charge in [-0.3, -0.25) is 4.99 Å². The molecule has 1 heterocycles. The van der Waals surface area contributed by atoms with E-state index in [0.717, 1.165) is 49.3 Å². The van der Waals surface area contributed by atoms with Gasteiger partial charge >= 0.3 is 0 Å². The number of hydrogen-bond acceptors (Lipinski definition) is 2. The van der Waals surface area contributed by atoms with Gasteiger partial charge in [0.2, 0.25) is 0 Å². The van der Waals surface area contributed by atoms with Crippen molar-refractivity contribution in [2.24, 2.45) is 10.4 Å². The van der Waals surface area contributed by atoms with Gasteiger partial charge in [0.15, 0.2) is 5.96 Å². The highest BCUT2D eigenvalue weighted by Crippen LogP contribution is 2.24. The minimum absolute atomic E-state index is 0. The van der Waals surface area contributed by atoms with Gasteiger partial charge in [0.1, 0.15) is 0 Å². The monoisotopic (exact) mass is 423 g/mol. The second kappa shape index (κ2) is 8.80. The highest BCUT2D eigenvalue weighted by molar-refractivity contribution is 14.0. The van der Waals surface area contributed by atoms with Crippen molar-refractivity contribution in [2.75, 3.05) is 33.4 Å². The molecule has 118 valence electrons. The van der Waals surface area contributed by atoms with Crippen LogP contribution in [-0.4, -0.2) is 39.3 Å². The van der Waals surface area contributed by atoms with Crippen LogP contribution < -0.4 is 10.6 Å². The molecule has 0 unspecified atom stereocenters. The average molecular weight is 424 g/mol. The maximum atomic E-state index is 6.13. The van der Waals surface area contributed by atoms with Gasteiger partial charge in [-0.05, 0) is 18.1 Å². The molecule has 6 heteroatoms. The maximum absolute atomic E-state index is 6.13. The van der Waals surface area contributed by atoms with E-state index < -0.39 is 0 Å². The fourth-order valence-corrected chi connectivity index (χ4v) is 2.32. The standard InChI is InChI=1S/C15H22ClN3O.HI/c1-15(10-20-11-15)9-19-14(17-2)18-8-7-12-5-3-4-6-13(12)16;/h3-6H,7-11H2,1-2H3,(H2,17,18,19);1H. The van der Waals surface area contributed by atoms with Gasteiger partial charge in [-0.25, -0.2) is 0 Å². The van der Waals surface area contributed by atoms with Gasteiger partial charge in [-0.2, -0.15) is 0 Å². The number of ether oxygens (including phenoxy) is 1. The van der Waals surface area contributed by atoms with Crippen molar-refractivity contribution in [3.8, 4) is 0 Å². The molecule has 0 saturated carbocycles. The third-order valence-electron chi connectivity index (χ3n) is 3.45. The maximum Gasteiger partial charge on any atom is 0.191 e. The second-order valence-electron chi connectivity index (χ2n) is 5.50. The van der Waals surface area contributed by atoms with E-state index in [-0.39, 0.29) is 29.4 Å². The quantitative estimate of drug-likeness (QED) is 0.435. The SMILES string of the molecule is CN=C(NCCc1ccccc1Cl)NCC1(C)COC1.I. The van der Waals surface area contributed by atoms with Crippen LogP contribution in [0.1, 0.15) is 12.5 Å². The van der Waals surface area contributed by atoms with Crippen LogP contribution in [0.4, 0.5) is 0 Å². The zero-order valence-electron chi connectivity index (χ0n) is 12.5. The van der Waals surface area contributed by atoms with Gasteiger partial charge < -0.3 is 15.4 Å². The summed E-state index contributed by atoms with van der Waals surface area (Å²) in [6.45, 7) is 5.52. The highest BCUT2D eigenvalue weighted by Gasteiger charge is 2.33. The number of rotatable bonds is 5. The number of nitrogens with one attached hydrogen (secondary N) is 2. The first kappa shape index (κ1) is 18.5. The predicted octanol–water partition coefficient (Wildman–Crippen LogP) is 2.70. The Bertz CT molecular complexity index is 478. The summed E-state index contributed by atoms with van der Waals surface area (Å²) in [6, 6.07) is 7.92. The van der Waals surface area contributed by atoms with Crippen LogP contribution >= 0.6 is 35.6 Å². The smallest absolute Gasteiger partial charge is 0.191 e. The topological polar surface area (TPSA) is 45.7 Å². The third-order valence-corrected chi connectivity index (χ3v) is 3.82. The van der Waals surface area contributed by atoms with E-state index in [4.69, 9.17) is 16.3 Å². The Morgan fingerprint density at radius 1 is 1.33 bits per heavy atom. The molecule has 0 bridgehead atoms. The molecule has 0 aromatic heterocycles. The zero-order valence-corrected chi connectivity index (χ0v) is 15.6. The van der Waals surface area contributed by atoms with Crippen molar-refractivity contribution in [1.82, 2.24) is 10.6 Å². The lowest BCUT2D eigenvalue weighted by Gasteiger charge is -2.38. The number of halogens is 2. The Balaban J connectivity index is 0.00000220. The molecule has 1 aromatic rings. The molecule has 2 N–H and O–H groups in total. The largest absolute Gasteiger partial charge is 0.380 e. The molecular formula is C15H23ClIN3O. The summed E-state index contributed by atoms with van der Waals surface area (Å²) < 4.78 is 5.24. The number of aliphatic imine (C=N–C) groups is 1. The summed E-state index contributed by atoms with van der Waals surface area (Å²) in [5.41, 5.74) is 1.39. The van der Waals surface area contributed by atoms with E-state index in [1.807, 2.05) is 24.3 Å². The Labute approximate surface area is 148 Å². The highest BCUT2D eigenvalue weighted by atomic mass is 127. The van der Waals surface area contributed by atoms with E-state index in [2.05, 4.69) is 22.5 Å².